The fourth-order valence-corrected chi connectivity index (χ4v) is 2.36. The van der Waals surface area contributed by atoms with Crippen LogP contribution in [0, 0.1) is 0 Å². The number of hydrogen-bond donors (Lipinski definition) is 1. The fourth-order valence-electron chi connectivity index (χ4n) is 1.50. The largest absolute Gasteiger partial charge is 0.325 e. The Morgan fingerprint density at radius 2 is 1.85 bits per heavy atom. The molecule has 0 saturated carbocycles. The van der Waals surface area contributed by atoms with Gasteiger partial charge in [0.2, 0.25) is 0 Å². The van der Waals surface area contributed by atoms with Crippen LogP contribution < -0.4 is 5.32 Å². The topological polar surface area (TPSA) is 44.7 Å². The lowest BCUT2D eigenvalue weighted by Crippen LogP contribution is -2.41. The van der Waals surface area contributed by atoms with Crippen LogP contribution in [0.5, 0.6) is 0 Å². The van der Waals surface area contributed by atoms with Crippen molar-refractivity contribution in [3.63, 3.8) is 0 Å². The van der Waals surface area contributed by atoms with Gasteiger partial charge in [-0.3, -0.25) is 5.32 Å². The molecule has 0 bridgehead atoms. The summed E-state index contributed by atoms with van der Waals surface area (Å²) in [6.07, 6.45) is 1.83. The molecule has 0 aliphatic carbocycles. The van der Waals surface area contributed by atoms with Crippen LogP contribution in [0.15, 0.2) is 23.2 Å². The predicted molar refractivity (Wildman–Crippen MR) is 88.5 cm³/mol. The standard InChI is InChI=1S/C13H17Cl2N3OS/c1-4-18(5-2)13(19)17-12(20-3)16-11-9(14)7-6-8-10(11)15/h6-8H,4-5H2,1-3H3,(H,16,17,19). The van der Waals surface area contributed by atoms with E-state index in [4.69, 9.17) is 23.2 Å². The van der Waals surface area contributed by atoms with Crippen molar-refractivity contribution in [1.29, 1.82) is 0 Å². The van der Waals surface area contributed by atoms with E-state index in [0.717, 1.165) is 0 Å². The van der Waals surface area contributed by atoms with E-state index in [1.807, 2.05) is 20.1 Å². The summed E-state index contributed by atoms with van der Waals surface area (Å²) in [5.41, 5.74) is 0.458. The minimum Gasteiger partial charge on any atom is -0.325 e. The summed E-state index contributed by atoms with van der Waals surface area (Å²) in [5, 5.41) is 4.10. The predicted octanol–water partition coefficient (Wildman–Crippen LogP) is 4.40. The summed E-state index contributed by atoms with van der Waals surface area (Å²) >= 11 is 13.4. The van der Waals surface area contributed by atoms with Crippen molar-refractivity contribution in [2.24, 2.45) is 4.99 Å². The number of nitrogens with one attached hydrogen (secondary N) is 1. The van der Waals surface area contributed by atoms with Crippen molar-refractivity contribution >= 4 is 51.8 Å². The molecule has 2 amide bonds. The number of hydrogen-bond acceptors (Lipinski definition) is 3. The van der Waals surface area contributed by atoms with Gasteiger partial charge in [0.05, 0.1) is 10.0 Å². The maximum Gasteiger partial charge on any atom is 0.323 e. The second-order valence-electron chi connectivity index (χ2n) is 3.79. The van der Waals surface area contributed by atoms with Crippen LogP contribution in [0.4, 0.5) is 10.5 Å². The lowest BCUT2D eigenvalue weighted by atomic mass is 10.3. The molecule has 0 heterocycles. The summed E-state index contributed by atoms with van der Waals surface area (Å²) in [6, 6.07) is 4.97. The van der Waals surface area contributed by atoms with E-state index in [1.165, 1.54) is 11.8 Å². The van der Waals surface area contributed by atoms with Gasteiger partial charge in [0.1, 0.15) is 5.69 Å². The van der Waals surface area contributed by atoms with Gasteiger partial charge in [-0.15, -0.1) is 0 Å². The van der Waals surface area contributed by atoms with E-state index >= 15 is 0 Å². The number of carbonyl (C=O) groups excluding carboxylic acids is 1. The summed E-state index contributed by atoms with van der Waals surface area (Å²) in [7, 11) is 0. The summed E-state index contributed by atoms with van der Waals surface area (Å²) in [5.74, 6) is 0. The first kappa shape index (κ1) is 17.1. The van der Waals surface area contributed by atoms with Gasteiger partial charge in [-0.2, -0.15) is 0 Å². The molecule has 0 saturated heterocycles. The molecule has 0 aliphatic heterocycles. The number of nitrogens with zero attached hydrogens (tertiary/aromatic N) is 2. The third-order valence-corrected chi connectivity index (χ3v) is 3.80. The maximum absolute atomic E-state index is 12.0. The van der Waals surface area contributed by atoms with Gasteiger partial charge in [-0.05, 0) is 32.2 Å². The number of amidine groups is 1. The lowest BCUT2D eigenvalue weighted by molar-refractivity contribution is 0.209. The summed E-state index contributed by atoms with van der Waals surface area (Å²) < 4.78 is 0. The highest BCUT2D eigenvalue weighted by Gasteiger charge is 2.12. The monoisotopic (exact) mass is 333 g/mol. The van der Waals surface area contributed by atoms with E-state index in [2.05, 4.69) is 10.3 Å². The van der Waals surface area contributed by atoms with Crippen molar-refractivity contribution in [2.45, 2.75) is 13.8 Å². The zero-order valence-corrected chi connectivity index (χ0v) is 13.9. The van der Waals surface area contributed by atoms with Crippen molar-refractivity contribution in [2.75, 3.05) is 19.3 Å². The Labute approximate surface area is 133 Å². The van der Waals surface area contributed by atoms with Gasteiger partial charge in [-0.25, -0.2) is 9.79 Å². The Balaban J connectivity index is 2.96. The Morgan fingerprint density at radius 1 is 1.30 bits per heavy atom. The van der Waals surface area contributed by atoms with Gasteiger partial charge in [0.25, 0.3) is 0 Å². The van der Waals surface area contributed by atoms with Crippen LogP contribution in [-0.4, -0.2) is 35.4 Å². The molecule has 7 heteroatoms. The normalized spacial score (nSPS) is 11.3. The average molecular weight is 334 g/mol. The number of amides is 2. The molecule has 0 fully saturated rings. The highest BCUT2D eigenvalue weighted by molar-refractivity contribution is 8.13. The molecule has 1 aromatic carbocycles. The molecule has 4 nitrogen and oxygen atoms in total. The van der Waals surface area contributed by atoms with E-state index < -0.39 is 0 Å². The first-order chi connectivity index (χ1) is 9.53. The van der Waals surface area contributed by atoms with Crippen LogP contribution in [-0.2, 0) is 0 Å². The van der Waals surface area contributed by atoms with Crippen LogP contribution in [0.1, 0.15) is 13.8 Å². The molecule has 20 heavy (non-hydrogen) atoms. The molecule has 1 N–H and O–H groups in total. The third-order valence-electron chi connectivity index (χ3n) is 2.61. The summed E-state index contributed by atoms with van der Waals surface area (Å²) in [6.45, 7) is 5.11. The van der Waals surface area contributed by atoms with Gasteiger partial charge < -0.3 is 4.90 Å². The van der Waals surface area contributed by atoms with E-state index in [9.17, 15) is 4.79 Å². The molecular formula is C13H17Cl2N3OS. The van der Waals surface area contributed by atoms with Crippen molar-refractivity contribution < 1.29 is 4.79 Å². The first-order valence-electron chi connectivity index (χ1n) is 6.16. The molecule has 0 aromatic heterocycles. The van der Waals surface area contributed by atoms with Crippen molar-refractivity contribution in [3.05, 3.63) is 28.2 Å². The number of urea groups is 1. The first-order valence-corrected chi connectivity index (χ1v) is 8.14. The Kier molecular flexibility index (Phi) is 7.19. The molecule has 1 aromatic rings. The Morgan fingerprint density at radius 3 is 2.30 bits per heavy atom. The van der Waals surface area contributed by atoms with E-state index in [-0.39, 0.29) is 6.03 Å². The van der Waals surface area contributed by atoms with Gasteiger partial charge >= 0.3 is 6.03 Å². The van der Waals surface area contributed by atoms with Gasteiger partial charge in [-0.1, -0.05) is 41.0 Å². The number of aliphatic imine (C=N–C) groups is 1. The Hall–Kier alpha value is -0.910. The fraction of sp³-hybridized carbons (Fsp3) is 0.385. The van der Waals surface area contributed by atoms with E-state index in [1.54, 1.807) is 23.1 Å². The second-order valence-corrected chi connectivity index (χ2v) is 5.40. The molecular weight excluding hydrogens is 317 g/mol. The zero-order valence-electron chi connectivity index (χ0n) is 11.6. The van der Waals surface area contributed by atoms with Gasteiger partial charge in [0, 0.05) is 13.1 Å². The molecule has 0 unspecified atom stereocenters. The van der Waals surface area contributed by atoms with Crippen molar-refractivity contribution in [3.8, 4) is 0 Å². The highest BCUT2D eigenvalue weighted by atomic mass is 35.5. The van der Waals surface area contributed by atoms with Crippen LogP contribution in [0.2, 0.25) is 10.0 Å². The summed E-state index contributed by atoms with van der Waals surface area (Å²) in [4.78, 5) is 18.0. The highest BCUT2D eigenvalue weighted by Crippen LogP contribution is 2.33. The molecule has 0 spiro atoms. The number of carbonyl (C=O) groups is 1. The quantitative estimate of drug-likeness (QED) is 0.658. The molecule has 0 radical (unpaired) electrons. The SMILES string of the molecule is CCN(CC)C(=O)NC(=Nc1c(Cl)cccc1Cl)SC. The van der Waals surface area contributed by atoms with Crippen molar-refractivity contribution in [1.82, 2.24) is 10.2 Å². The minimum absolute atomic E-state index is 0.189. The maximum atomic E-state index is 12.0. The second kappa shape index (κ2) is 8.39. The Bertz CT molecular complexity index is 484. The number of halogens is 2. The number of benzene rings is 1. The number of para-hydroxylation sites is 1. The molecule has 1 rings (SSSR count). The molecule has 0 aliphatic rings. The number of rotatable bonds is 3. The minimum atomic E-state index is -0.189. The zero-order chi connectivity index (χ0) is 15.1. The van der Waals surface area contributed by atoms with Gasteiger partial charge in [0.15, 0.2) is 5.17 Å². The van der Waals surface area contributed by atoms with Crippen LogP contribution in [0.3, 0.4) is 0 Å². The number of thioether (sulfide) groups is 1. The van der Waals surface area contributed by atoms with Crippen LogP contribution >= 0.6 is 35.0 Å². The molecule has 0 atom stereocenters. The lowest BCUT2D eigenvalue weighted by Gasteiger charge is -2.19. The van der Waals surface area contributed by atoms with E-state index in [0.29, 0.717) is 34.0 Å². The van der Waals surface area contributed by atoms with Crippen LogP contribution in [0.25, 0.3) is 0 Å². The third kappa shape index (κ3) is 4.58. The molecule has 110 valence electrons. The average Bonchev–Trinajstić information content (AvgIpc) is 2.43. The smallest absolute Gasteiger partial charge is 0.323 e.